The van der Waals surface area contributed by atoms with Gasteiger partial charge in [-0.05, 0) is 58.2 Å². The van der Waals surface area contributed by atoms with Gasteiger partial charge in [-0.3, -0.25) is 9.80 Å². The van der Waals surface area contributed by atoms with E-state index >= 15 is 0 Å². The van der Waals surface area contributed by atoms with Gasteiger partial charge in [-0.25, -0.2) is 0 Å². The molecule has 0 aromatic heterocycles. The van der Waals surface area contributed by atoms with E-state index in [2.05, 4.69) is 9.80 Å². The first-order chi connectivity index (χ1) is 10.8. The molecule has 0 amide bonds. The summed E-state index contributed by atoms with van der Waals surface area (Å²) in [5.41, 5.74) is 0. The molecule has 128 valence electrons. The van der Waals surface area contributed by atoms with Gasteiger partial charge in [0.05, 0.1) is 18.8 Å². The molecule has 5 nitrogen and oxygen atoms in total. The lowest BCUT2D eigenvalue weighted by Crippen LogP contribution is -2.49. The predicted molar refractivity (Wildman–Crippen MR) is 86.1 cm³/mol. The minimum Gasteiger partial charge on any atom is -0.389 e. The maximum Gasteiger partial charge on any atom is 0.0900 e. The van der Waals surface area contributed by atoms with Crippen LogP contribution in [0.1, 0.15) is 38.5 Å². The van der Waals surface area contributed by atoms with Gasteiger partial charge in [-0.1, -0.05) is 0 Å². The van der Waals surface area contributed by atoms with Crippen LogP contribution in [0, 0.1) is 0 Å². The van der Waals surface area contributed by atoms with Crippen LogP contribution in [-0.4, -0.2) is 85.7 Å². The molecule has 0 aliphatic carbocycles. The second-order valence-electron chi connectivity index (χ2n) is 7.10. The Morgan fingerprint density at radius 3 is 2.59 bits per heavy atom. The molecule has 0 bridgehead atoms. The fourth-order valence-corrected chi connectivity index (χ4v) is 4.04. The summed E-state index contributed by atoms with van der Waals surface area (Å²) in [6, 6.07) is 0.708. The van der Waals surface area contributed by atoms with Crippen molar-refractivity contribution >= 4 is 0 Å². The Bertz CT molecular complexity index is 317. The molecule has 3 aliphatic heterocycles. The minimum absolute atomic E-state index is 0.280. The molecule has 1 N–H and O–H groups in total. The van der Waals surface area contributed by atoms with Crippen molar-refractivity contribution in [2.24, 2.45) is 0 Å². The third-order valence-corrected chi connectivity index (χ3v) is 5.30. The third-order valence-electron chi connectivity index (χ3n) is 5.30. The Kier molecular flexibility index (Phi) is 6.51. The molecule has 0 saturated carbocycles. The number of nitrogens with zero attached hydrogens (tertiary/aromatic N) is 2. The van der Waals surface area contributed by atoms with Gasteiger partial charge in [-0.2, -0.15) is 0 Å². The molecule has 5 heteroatoms. The van der Waals surface area contributed by atoms with E-state index < -0.39 is 0 Å². The number of ether oxygens (including phenoxy) is 2. The Labute approximate surface area is 134 Å². The topological polar surface area (TPSA) is 45.2 Å². The largest absolute Gasteiger partial charge is 0.389 e. The summed E-state index contributed by atoms with van der Waals surface area (Å²) in [4.78, 5) is 5.08. The zero-order valence-electron chi connectivity index (χ0n) is 13.8. The molecule has 22 heavy (non-hydrogen) atoms. The van der Waals surface area contributed by atoms with Gasteiger partial charge < -0.3 is 14.6 Å². The van der Waals surface area contributed by atoms with Gasteiger partial charge in [0.1, 0.15) is 0 Å². The number of aliphatic hydroxyl groups excluding tert-OH is 1. The first-order valence-corrected chi connectivity index (χ1v) is 9.15. The van der Waals surface area contributed by atoms with Crippen LogP contribution in [-0.2, 0) is 9.47 Å². The summed E-state index contributed by atoms with van der Waals surface area (Å²) < 4.78 is 11.2. The summed E-state index contributed by atoms with van der Waals surface area (Å²) >= 11 is 0. The van der Waals surface area contributed by atoms with Gasteiger partial charge in [0.2, 0.25) is 0 Å². The highest BCUT2D eigenvalue weighted by Gasteiger charge is 2.28. The van der Waals surface area contributed by atoms with Gasteiger partial charge in [-0.15, -0.1) is 0 Å². The van der Waals surface area contributed by atoms with Crippen molar-refractivity contribution in [2.75, 3.05) is 52.5 Å². The van der Waals surface area contributed by atoms with Crippen molar-refractivity contribution in [2.45, 2.75) is 56.8 Å². The fourth-order valence-electron chi connectivity index (χ4n) is 4.04. The van der Waals surface area contributed by atoms with E-state index in [1.807, 2.05) is 0 Å². The molecule has 3 saturated heterocycles. The fraction of sp³-hybridized carbons (Fsp3) is 1.00. The molecular weight excluding hydrogens is 280 g/mol. The minimum atomic E-state index is -0.361. The van der Waals surface area contributed by atoms with E-state index in [1.54, 1.807) is 0 Å². The third kappa shape index (κ3) is 4.90. The van der Waals surface area contributed by atoms with Crippen molar-refractivity contribution in [1.29, 1.82) is 0 Å². The highest BCUT2D eigenvalue weighted by Crippen LogP contribution is 2.20. The van der Waals surface area contributed by atoms with Gasteiger partial charge in [0.15, 0.2) is 0 Å². The van der Waals surface area contributed by atoms with E-state index in [0.29, 0.717) is 12.6 Å². The van der Waals surface area contributed by atoms with Crippen LogP contribution in [0.3, 0.4) is 0 Å². The molecule has 2 atom stereocenters. The van der Waals surface area contributed by atoms with Gasteiger partial charge in [0.25, 0.3) is 0 Å². The Hall–Kier alpha value is -0.200. The average molecular weight is 312 g/mol. The zero-order chi connectivity index (χ0) is 15.2. The second-order valence-corrected chi connectivity index (χ2v) is 7.10. The number of rotatable bonds is 6. The van der Waals surface area contributed by atoms with E-state index in [-0.39, 0.29) is 12.2 Å². The number of hydrogen-bond acceptors (Lipinski definition) is 5. The highest BCUT2D eigenvalue weighted by atomic mass is 16.5. The molecule has 2 unspecified atom stereocenters. The lowest BCUT2D eigenvalue weighted by atomic mass is 10.0. The van der Waals surface area contributed by atoms with Crippen LogP contribution in [0.25, 0.3) is 0 Å². The summed E-state index contributed by atoms with van der Waals surface area (Å²) in [7, 11) is 0. The number of piperidine rings is 1. The van der Waals surface area contributed by atoms with E-state index in [0.717, 1.165) is 45.7 Å². The normalized spacial score (nSPS) is 30.7. The second kappa shape index (κ2) is 8.60. The number of hydrogen-bond donors (Lipinski definition) is 1. The van der Waals surface area contributed by atoms with Crippen LogP contribution >= 0.6 is 0 Å². The van der Waals surface area contributed by atoms with E-state index in [1.165, 1.54) is 38.8 Å². The Morgan fingerprint density at radius 1 is 1.05 bits per heavy atom. The quantitative estimate of drug-likeness (QED) is 0.796. The van der Waals surface area contributed by atoms with Crippen molar-refractivity contribution in [3.63, 3.8) is 0 Å². The predicted octanol–water partition coefficient (Wildman–Crippen LogP) is 1.10. The molecule has 0 aromatic carbocycles. The molecule has 0 aromatic rings. The standard InChI is InChI=1S/C17H32N2O3/c20-16(14-22-17-5-10-21-11-6-17)13-18-7-3-4-15(12-18)19-8-1-2-9-19/h15-17,20H,1-14H2. The van der Waals surface area contributed by atoms with Crippen molar-refractivity contribution < 1.29 is 14.6 Å². The number of β-amino-alcohol motifs (C(OH)–C–C–N with tert-alkyl or cyclic N) is 1. The maximum atomic E-state index is 10.3. The zero-order valence-corrected chi connectivity index (χ0v) is 13.8. The first-order valence-electron chi connectivity index (χ1n) is 9.15. The van der Waals surface area contributed by atoms with Crippen LogP contribution in [0.15, 0.2) is 0 Å². The van der Waals surface area contributed by atoms with Gasteiger partial charge >= 0.3 is 0 Å². The summed E-state index contributed by atoms with van der Waals surface area (Å²) in [6.45, 7) is 7.60. The van der Waals surface area contributed by atoms with Crippen LogP contribution in [0.5, 0.6) is 0 Å². The van der Waals surface area contributed by atoms with E-state index in [9.17, 15) is 5.11 Å². The first kappa shape index (κ1) is 16.7. The van der Waals surface area contributed by atoms with Crippen molar-refractivity contribution in [3.05, 3.63) is 0 Å². The molecular formula is C17H32N2O3. The summed E-state index contributed by atoms with van der Waals surface area (Å²) in [5, 5.41) is 10.3. The van der Waals surface area contributed by atoms with E-state index in [4.69, 9.17) is 9.47 Å². The molecule has 3 heterocycles. The average Bonchev–Trinajstić information content (AvgIpc) is 3.09. The molecule has 0 radical (unpaired) electrons. The summed E-state index contributed by atoms with van der Waals surface area (Å²) in [5.74, 6) is 0. The molecule has 3 fully saturated rings. The molecule has 3 aliphatic rings. The lowest BCUT2D eigenvalue weighted by molar-refractivity contribution is -0.0661. The van der Waals surface area contributed by atoms with Crippen molar-refractivity contribution in [1.82, 2.24) is 9.80 Å². The van der Waals surface area contributed by atoms with Crippen LogP contribution in [0.4, 0.5) is 0 Å². The monoisotopic (exact) mass is 312 g/mol. The number of likely N-dealkylation sites (tertiary alicyclic amines) is 2. The smallest absolute Gasteiger partial charge is 0.0900 e. The maximum absolute atomic E-state index is 10.3. The van der Waals surface area contributed by atoms with Crippen molar-refractivity contribution in [3.8, 4) is 0 Å². The Morgan fingerprint density at radius 2 is 1.82 bits per heavy atom. The SMILES string of the molecule is OC(COC1CCOCC1)CN1CCCC(N2CCCC2)C1. The lowest BCUT2D eigenvalue weighted by Gasteiger charge is -2.38. The Balaban J connectivity index is 1.35. The molecule has 3 rings (SSSR count). The highest BCUT2D eigenvalue weighted by molar-refractivity contribution is 4.84. The van der Waals surface area contributed by atoms with Crippen LogP contribution in [0.2, 0.25) is 0 Å². The molecule has 0 spiro atoms. The summed E-state index contributed by atoms with van der Waals surface area (Å²) in [6.07, 6.45) is 7.15. The number of aliphatic hydroxyl groups is 1. The van der Waals surface area contributed by atoms with Crippen LogP contribution < -0.4 is 0 Å². The van der Waals surface area contributed by atoms with Gasteiger partial charge in [0, 0.05) is 32.3 Å².